The number of carbonyl (C=O) groups excluding carboxylic acids is 1. The molecule has 0 aromatic heterocycles. The van der Waals surface area contributed by atoms with Gasteiger partial charge in [-0.15, -0.1) is 12.6 Å². The summed E-state index contributed by atoms with van der Waals surface area (Å²) in [7, 11) is 0. The summed E-state index contributed by atoms with van der Waals surface area (Å²) in [5.41, 5.74) is 5.11. The van der Waals surface area contributed by atoms with Crippen molar-refractivity contribution in [2.24, 2.45) is 5.73 Å². The molecule has 0 spiro atoms. The van der Waals surface area contributed by atoms with Crippen LogP contribution in [0.25, 0.3) is 0 Å². The molecule has 5 heteroatoms. The second kappa shape index (κ2) is 4.62. The van der Waals surface area contributed by atoms with Gasteiger partial charge in [0, 0.05) is 6.42 Å². The molecule has 0 aromatic rings. The zero-order valence-corrected chi connectivity index (χ0v) is 6.15. The largest absolute Gasteiger partial charge is 0.321 e. The van der Waals surface area contributed by atoms with E-state index in [2.05, 4.69) is 12.6 Å². The summed E-state index contributed by atoms with van der Waals surface area (Å²) < 4.78 is 22.9. The zero-order valence-electron chi connectivity index (χ0n) is 5.26. The fourth-order valence-electron chi connectivity index (χ4n) is 0.429. The first kappa shape index (κ1) is 9.84. The molecular weight excluding hydrogens is 160 g/mol. The molecule has 0 amide bonds. The van der Waals surface area contributed by atoms with Crippen LogP contribution in [-0.4, -0.2) is 17.6 Å². The minimum absolute atomic E-state index is 0. The minimum Gasteiger partial charge on any atom is -0.321 e. The van der Waals surface area contributed by atoms with Gasteiger partial charge in [0.2, 0.25) is 11.5 Å². The average molecular weight is 169 g/mol. The SMILES string of the molecule is NC(CCC(F)F)C(=O)S. The summed E-state index contributed by atoms with van der Waals surface area (Å²) in [6, 6.07) is -0.850. The first-order chi connectivity index (χ1) is 4.54. The first-order valence-corrected chi connectivity index (χ1v) is 3.25. The molecule has 0 fully saturated rings. The van der Waals surface area contributed by atoms with Crippen LogP contribution in [0.4, 0.5) is 8.78 Å². The van der Waals surface area contributed by atoms with Crippen molar-refractivity contribution >= 4 is 17.7 Å². The molecule has 0 rings (SSSR count). The molecule has 1 atom stereocenters. The highest BCUT2D eigenvalue weighted by Crippen LogP contribution is 2.05. The molecule has 0 saturated carbocycles. The van der Waals surface area contributed by atoms with Gasteiger partial charge in [-0.25, -0.2) is 8.78 Å². The first-order valence-electron chi connectivity index (χ1n) is 2.80. The van der Waals surface area contributed by atoms with Crippen LogP contribution in [0, 0.1) is 0 Å². The van der Waals surface area contributed by atoms with Crippen molar-refractivity contribution in [3.8, 4) is 0 Å². The molecule has 0 aliphatic heterocycles. The summed E-state index contributed by atoms with van der Waals surface area (Å²) >= 11 is 3.39. The van der Waals surface area contributed by atoms with E-state index in [4.69, 9.17) is 5.73 Å². The molecule has 0 aromatic carbocycles. The van der Waals surface area contributed by atoms with Gasteiger partial charge in [-0.3, -0.25) is 4.79 Å². The zero-order chi connectivity index (χ0) is 8.15. The Kier molecular flexibility index (Phi) is 4.55. The lowest BCUT2D eigenvalue weighted by Crippen LogP contribution is -2.27. The molecule has 10 heavy (non-hydrogen) atoms. The monoisotopic (exact) mass is 169 g/mol. The van der Waals surface area contributed by atoms with Crippen molar-refractivity contribution in [1.82, 2.24) is 0 Å². The Morgan fingerprint density at radius 2 is 2.00 bits per heavy atom. The summed E-state index contributed by atoms with van der Waals surface area (Å²) in [5.74, 6) is 0. The van der Waals surface area contributed by atoms with Gasteiger partial charge in [-0.1, -0.05) is 0 Å². The van der Waals surface area contributed by atoms with E-state index in [1.807, 2.05) is 0 Å². The Morgan fingerprint density at radius 3 is 2.30 bits per heavy atom. The molecule has 0 aliphatic rings. The van der Waals surface area contributed by atoms with Crippen LogP contribution < -0.4 is 5.73 Å². The van der Waals surface area contributed by atoms with Gasteiger partial charge >= 0.3 is 0 Å². The Bertz CT molecular complexity index is 120. The van der Waals surface area contributed by atoms with Gasteiger partial charge in [-0.05, 0) is 6.42 Å². The van der Waals surface area contributed by atoms with Crippen molar-refractivity contribution in [3.63, 3.8) is 0 Å². The molecule has 0 bridgehead atoms. The molecule has 0 heterocycles. The van der Waals surface area contributed by atoms with Crippen molar-refractivity contribution in [1.29, 1.82) is 0 Å². The van der Waals surface area contributed by atoms with E-state index in [1.165, 1.54) is 0 Å². The standard InChI is InChI=1S/C5H9F2NOS/c6-4(7)2-1-3(8)5(9)10/h3-4H,1-2,8H2,(H,9,10). The number of hydrogen-bond donors (Lipinski definition) is 2. The summed E-state index contributed by atoms with van der Waals surface area (Å²) in [5, 5.41) is -0.541. The fraction of sp³-hybridized carbons (Fsp3) is 0.800. The molecule has 0 aliphatic carbocycles. The van der Waals surface area contributed by atoms with E-state index in [-0.39, 0.29) is 12.8 Å². The minimum atomic E-state index is -2.39. The van der Waals surface area contributed by atoms with E-state index in [1.54, 1.807) is 0 Å². The highest BCUT2D eigenvalue weighted by Gasteiger charge is 2.11. The van der Waals surface area contributed by atoms with E-state index in [0.717, 1.165) is 0 Å². The van der Waals surface area contributed by atoms with Crippen molar-refractivity contribution in [3.05, 3.63) is 0 Å². The highest BCUT2D eigenvalue weighted by molar-refractivity contribution is 7.96. The number of hydrogen-bond acceptors (Lipinski definition) is 2. The Hall–Kier alpha value is -0.160. The quantitative estimate of drug-likeness (QED) is 0.612. The average Bonchev–Trinajstić information content (AvgIpc) is 1.82. The van der Waals surface area contributed by atoms with Crippen LogP contribution in [0.5, 0.6) is 0 Å². The van der Waals surface area contributed by atoms with Gasteiger partial charge in [0.25, 0.3) is 0 Å². The molecule has 0 saturated heterocycles. The number of carbonyl (C=O) groups is 1. The van der Waals surface area contributed by atoms with E-state index in [9.17, 15) is 13.6 Å². The predicted molar refractivity (Wildman–Crippen MR) is 37.2 cm³/mol. The number of thiol groups is 1. The van der Waals surface area contributed by atoms with Crippen LogP contribution >= 0.6 is 12.6 Å². The third-order valence-corrected chi connectivity index (χ3v) is 1.34. The van der Waals surface area contributed by atoms with Gasteiger partial charge in [0.1, 0.15) is 0 Å². The molecular formula is C5H9F2NOS. The lowest BCUT2D eigenvalue weighted by Gasteiger charge is -2.04. The van der Waals surface area contributed by atoms with Crippen LogP contribution in [0.15, 0.2) is 0 Å². The van der Waals surface area contributed by atoms with Crippen molar-refractivity contribution < 1.29 is 13.6 Å². The second-order valence-electron chi connectivity index (χ2n) is 1.91. The fourth-order valence-corrected chi connectivity index (χ4v) is 0.558. The van der Waals surface area contributed by atoms with Crippen LogP contribution in [0.2, 0.25) is 0 Å². The van der Waals surface area contributed by atoms with Crippen LogP contribution in [0.1, 0.15) is 12.8 Å². The van der Waals surface area contributed by atoms with E-state index < -0.39 is 17.6 Å². The number of halogens is 2. The van der Waals surface area contributed by atoms with Gasteiger partial charge in [0.05, 0.1) is 6.04 Å². The molecule has 2 N–H and O–H groups in total. The maximum atomic E-state index is 11.5. The summed E-state index contributed by atoms with van der Waals surface area (Å²) in [6.07, 6.45) is -2.73. The number of nitrogens with two attached hydrogens (primary N) is 1. The van der Waals surface area contributed by atoms with Gasteiger partial charge in [0.15, 0.2) is 0 Å². The highest BCUT2D eigenvalue weighted by atomic mass is 32.1. The van der Waals surface area contributed by atoms with Crippen LogP contribution in [-0.2, 0) is 4.79 Å². The van der Waals surface area contributed by atoms with Gasteiger partial charge in [-0.2, -0.15) is 0 Å². The molecule has 0 radical (unpaired) electrons. The number of rotatable bonds is 4. The third-order valence-electron chi connectivity index (χ3n) is 1.01. The molecule has 2 nitrogen and oxygen atoms in total. The Morgan fingerprint density at radius 1 is 1.50 bits per heavy atom. The third kappa shape index (κ3) is 4.69. The van der Waals surface area contributed by atoms with Crippen molar-refractivity contribution in [2.45, 2.75) is 25.3 Å². The maximum Gasteiger partial charge on any atom is 0.238 e. The van der Waals surface area contributed by atoms with Crippen LogP contribution in [0.3, 0.4) is 0 Å². The summed E-state index contributed by atoms with van der Waals surface area (Å²) in [6.45, 7) is 0. The Labute approximate surface area is 63.2 Å². The van der Waals surface area contributed by atoms with Gasteiger partial charge < -0.3 is 5.73 Å². The second-order valence-corrected chi connectivity index (χ2v) is 2.35. The lowest BCUT2D eigenvalue weighted by molar-refractivity contribution is -0.112. The number of alkyl halides is 2. The predicted octanol–water partition coefficient (Wildman–Crippen LogP) is 0.815. The van der Waals surface area contributed by atoms with Crippen molar-refractivity contribution in [2.75, 3.05) is 0 Å². The Balaban J connectivity index is 3.40. The molecule has 60 valence electrons. The maximum absolute atomic E-state index is 11.5. The molecule has 1 unspecified atom stereocenters. The lowest BCUT2D eigenvalue weighted by atomic mass is 10.2. The van der Waals surface area contributed by atoms with E-state index in [0.29, 0.717) is 0 Å². The topological polar surface area (TPSA) is 43.1 Å². The smallest absolute Gasteiger partial charge is 0.238 e. The normalized spacial score (nSPS) is 13.7. The summed E-state index contributed by atoms with van der Waals surface area (Å²) in [4.78, 5) is 10.3. The van der Waals surface area contributed by atoms with E-state index >= 15 is 0 Å².